The number of carbonyl (C=O) groups is 2. The molecule has 0 aliphatic heterocycles. The maximum atomic E-state index is 12.0. The lowest BCUT2D eigenvalue weighted by Crippen LogP contribution is -2.35. The van der Waals surface area contributed by atoms with Crippen molar-refractivity contribution in [2.24, 2.45) is 0 Å². The second-order valence-corrected chi connectivity index (χ2v) is 4.34. The van der Waals surface area contributed by atoms with Gasteiger partial charge < -0.3 is 15.4 Å². The van der Waals surface area contributed by atoms with Crippen LogP contribution in [-0.2, 0) is 14.3 Å². The largest absolute Gasteiger partial charge is 0.383 e. The molecule has 0 spiro atoms. The van der Waals surface area contributed by atoms with Gasteiger partial charge in [0.2, 0.25) is 5.91 Å². The Morgan fingerprint density at radius 2 is 2.14 bits per heavy atom. The summed E-state index contributed by atoms with van der Waals surface area (Å²) in [7, 11) is 1.50. The quantitative estimate of drug-likeness (QED) is 0.335. The molecular weight excluding hydrogens is 290 g/mol. The standard InChI is InChI=1S/C14H17N3O5/c1-10(18)16-13(14(19)15-6-7-22-2)9-11-4-3-5-12(8-11)17(20)21/h3-5,8-9H,6-7H2,1-2H3,(H,15,19)(H,16,18)/b13-9-. The Kier molecular flexibility index (Phi) is 6.71. The molecule has 0 saturated heterocycles. The predicted octanol–water partition coefficient (Wildman–Crippen LogP) is 0.834. The van der Waals surface area contributed by atoms with Gasteiger partial charge in [-0.1, -0.05) is 12.1 Å². The van der Waals surface area contributed by atoms with Crippen molar-refractivity contribution in [1.29, 1.82) is 0 Å². The van der Waals surface area contributed by atoms with Gasteiger partial charge in [0.05, 0.1) is 11.5 Å². The molecule has 0 aromatic heterocycles. The van der Waals surface area contributed by atoms with Gasteiger partial charge in [-0.2, -0.15) is 0 Å². The summed E-state index contributed by atoms with van der Waals surface area (Å²) in [4.78, 5) is 33.4. The molecular formula is C14H17N3O5. The molecule has 2 amide bonds. The van der Waals surface area contributed by atoms with Gasteiger partial charge in [-0.25, -0.2) is 0 Å². The van der Waals surface area contributed by atoms with E-state index in [0.29, 0.717) is 12.2 Å². The average molecular weight is 307 g/mol. The van der Waals surface area contributed by atoms with Crippen LogP contribution in [-0.4, -0.2) is 37.0 Å². The first-order valence-electron chi connectivity index (χ1n) is 6.45. The van der Waals surface area contributed by atoms with E-state index >= 15 is 0 Å². The number of amides is 2. The number of non-ortho nitro benzene ring substituents is 1. The highest BCUT2D eigenvalue weighted by molar-refractivity contribution is 6.00. The molecule has 0 aliphatic rings. The number of benzene rings is 1. The van der Waals surface area contributed by atoms with E-state index in [1.54, 1.807) is 6.07 Å². The molecule has 8 nitrogen and oxygen atoms in total. The monoisotopic (exact) mass is 307 g/mol. The minimum absolute atomic E-state index is 0.00380. The highest BCUT2D eigenvalue weighted by Gasteiger charge is 2.12. The second kappa shape index (κ2) is 8.53. The number of rotatable bonds is 7. The van der Waals surface area contributed by atoms with E-state index in [0.717, 1.165) is 0 Å². The predicted molar refractivity (Wildman–Crippen MR) is 79.8 cm³/mol. The van der Waals surface area contributed by atoms with Crippen LogP contribution < -0.4 is 10.6 Å². The third-order valence-electron chi connectivity index (χ3n) is 2.54. The van der Waals surface area contributed by atoms with Crippen molar-refractivity contribution < 1.29 is 19.2 Å². The fourth-order valence-electron chi connectivity index (χ4n) is 1.60. The van der Waals surface area contributed by atoms with Crippen LogP contribution in [0.1, 0.15) is 12.5 Å². The number of nitrogens with one attached hydrogen (secondary N) is 2. The lowest BCUT2D eigenvalue weighted by Gasteiger charge is -2.09. The fourth-order valence-corrected chi connectivity index (χ4v) is 1.60. The summed E-state index contributed by atoms with van der Waals surface area (Å²) in [6, 6.07) is 5.74. The summed E-state index contributed by atoms with van der Waals surface area (Å²) >= 11 is 0. The average Bonchev–Trinajstić information content (AvgIpc) is 2.46. The van der Waals surface area contributed by atoms with Crippen LogP contribution in [0.4, 0.5) is 5.69 Å². The van der Waals surface area contributed by atoms with Gasteiger partial charge in [0.25, 0.3) is 11.6 Å². The van der Waals surface area contributed by atoms with E-state index in [2.05, 4.69) is 10.6 Å². The molecule has 118 valence electrons. The smallest absolute Gasteiger partial charge is 0.270 e. The van der Waals surface area contributed by atoms with Crippen LogP contribution in [0.5, 0.6) is 0 Å². The number of hydrogen-bond donors (Lipinski definition) is 2. The number of nitro benzene ring substituents is 1. The summed E-state index contributed by atoms with van der Waals surface area (Å²) in [5.41, 5.74) is 0.333. The van der Waals surface area contributed by atoms with E-state index < -0.39 is 16.7 Å². The van der Waals surface area contributed by atoms with Crippen molar-refractivity contribution in [3.8, 4) is 0 Å². The lowest BCUT2D eigenvalue weighted by atomic mass is 10.1. The van der Waals surface area contributed by atoms with Gasteiger partial charge in [-0.15, -0.1) is 0 Å². The molecule has 1 rings (SSSR count). The summed E-state index contributed by atoms with van der Waals surface area (Å²) in [6.07, 6.45) is 1.37. The van der Waals surface area contributed by atoms with Crippen molar-refractivity contribution in [2.75, 3.05) is 20.3 Å². The Morgan fingerprint density at radius 1 is 1.41 bits per heavy atom. The number of nitro groups is 1. The van der Waals surface area contributed by atoms with Gasteiger partial charge in [0, 0.05) is 32.7 Å². The molecule has 0 aliphatic carbocycles. The summed E-state index contributed by atoms with van der Waals surface area (Å²) < 4.78 is 4.82. The molecule has 0 radical (unpaired) electrons. The van der Waals surface area contributed by atoms with Gasteiger partial charge in [-0.3, -0.25) is 19.7 Å². The van der Waals surface area contributed by atoms with Gasteiger partial charge in [0.15, 0.2) is 0 Å². The molecule has 1 aromatic carbocycles. The van der Waals surface area contributed by atoms with E-state index in [1.807, 2.05) is 0 Å². The van der Waals surface area contributed by atoms with Gasteiger partial charge in [0.1, 0.15) is 5.70 Å². The first-order chi connectivity index (χ1) is 10.4. The fraction of sp³-hybridized carbons (Fsp3) is 0.286. The zero-order valence-corrected chi connectivity index (χ0v) is 12.3. The molecule has 22 heavy (non-hydrogen) atoms. The summed E-state index contributed by atoms with van der Waals surface area (Å²) in [5, 5.41) is 15.7. The van der Waals surface area contributed by atoms with Crippen LogP contribution in [0.2, 0.25) is 0 Å². The topological polar surface area (TPSA) is 111 Å². The zero-order chi connectivity index (χ0) is 16.5. The Bertz CT molecular complexity index is 598. The van der Waals surface area contributed by atoms with Crippen LogP contribution in [0, 0.1) is 10.1 Å². The van der Waals surface area contributed by atoms with E-state index in [4.69, 9.17) is 4.74 Å². The Morgan fingerprint density at radius 3 is 2.73 bits per heavy atom. The molecule has 0 unspecified atom stereocenters. The molecule has 1 aromatic rings. The van der Waals surface area contributed by atoms with Crippen molar-refractivity contribution in [3.05, 3.63) is 45.6 Å². The third-order valence-corrected chi connectivity index (χ3v) is 2.54. The number of hydrogen-bond acceptors (Lipinski definition) is 5. The van der Waals surface area contributed by atoms with Crippen LogP contribution in [0.15, 0.2) is 30.0 Å². The summed E-state index contributed by atoms with van der Waals surface area (Å²) in [6.45, 7) is 1.88. The van der Waals surface area contributed by atoms with E-state index in [9.17, 15) is 19.7 Å². The van der Waals surface area contributed by atoms with Gasteiger partial charge >= 0.3 is 0 Å². The molecule has 0 bridgehead atoms. The number of nitrogens with zero attached hydrogens (tertiary/aromatic N) is 1. The lowest BCUT2D eigenvalue weighted by molar-refractivity contribution is -0.384. The Labute approximate surface area is 127 Å². The summed E-state index contributed by atoms with van der Waals surface area (Å²) in [5.74, 6) is -0.919. The molecule has 0 fully saturated rings. The number of carbonyl (C=O) groups excluding carboxylic acids is 2. The maximum absolute atomic E-state index is 12.0. The molecule has 8 heteroatoms. The SMILES string of the molecule is COCCNC(=O)/C(=C/c1cccc([N+](=O)[O-])c1)NC(C)=O. The normalized spacial score (nSPS) is 10.9. The minimum atomic E-state index is -0.534. The van der Waals surface area contributed by atoms with E-state index in [1.165, 1.54) is 38.3 Å². The molecule has 0 saturated carbocycles. The van der Waals surface area contributed by atoms with E-state index in [-0.39, 0.29) is 17.9 Å². The Balaban J connectivity index is 2.99. The highest BCUT2D eigenvalue weighted by atomic mass is 16.6. The number of methoxy groups -OCH3 is 1. The molecule has 2 N–H and O–H groups in total. The zero-order valence-electron chi connectivity index (χ0n) is 12.3. The van der Waals surface area contributed by atoms with Crippen molar-refractivity contribution in [3.63, 3.8) is 0 Å². The second-order valence-electron chi connectivity index (χ2n) is 4.34. The van der Waals surface area contributed by atoms with Crippen molar-refractivity contribution in [1.82, 2.24) is 10.6 Å². The first-order valence-corrected chi connectivity index (χ1v) is 6.45. The molecule has 0 atom stereocenters. The van der Waals surface area contributed by atoms with Crippen molar-refractivity contribution >= 4 is 23.6 Å². The highest BCUT2D eigenvalue weighted by Crippen LogP contribution is 2.15. The van der Waals surface area contributed by atoms with Crippen molar-refractivity contribution in [2.45, 2.75) is 6.92 Å². The minimum Gasteiger partial charge on any atom is -0.383 e. The van der Waals surface area contributed by atoms with Crippen LogP contribution in [0.25, 0.3) is 6.08 Å². The van der Waals surface area contributed by atoms with Crippen LogP contribution in [0.3, 0.4) is 0 Å². The Hall–Kier alpha value is -2.74. The number of ether oxygens (including phenoxy) is 1. The third kappa shape index (κ3) is 5.71. The first kappa shape index (κ1) is 17.3. The molecule has 0 heterocycles. The van der Waals surface area contributed by atoms with Crippen LogP contribution >= 0.6 is 0 Å². The maximum Gasteiger partial charge on any atom is 0.270 e. The van der Waals surface area contributed by atoms with Gasteiger partial charge in [-0.05, 0) is 11.6 Å².